The summed E-state index contributed by atoms with van der Waals surface area (Å²) in [5.41, 5.74) is 0. The molecular formula is C5H16O2. The molecule has 0 saturated carbocycles. The maximum atomic E-state index is 7.00. The fourth-order valence-electron chi connectivity index (χ4n) is 0. The van der Waals surface area contributed by atoms with Crippen LogP contribution in [0.1, 0.15) is 35.1 Å². The summed E-state index contributed by atoms with van der Waals surface area (Å²) >= 11 is 0. The van der Waals surface area contributed by atoms with Gasteiger partial charge in [0.05, 0.1) is 0 Å². The lowest BCUT2D eigenvalue weighted by molar-refractivity contribution is 1.09. The summed E-state index contributed by atoms with van der Waals surface area (Å²) in [5, 5.41) is 0. The summed E-state index contributed by atoms with van der Waals surface area (Å²) in [7, 11) is 0. The Morgan fingerprint density at radius 3 is 1.00 bits per heavy atom. The Kier molecular flexibility index (Phi) is 1440. The number of rotatable bonds is 0. The zero-order chi connectivity index (χ0) is 4.71. The van der Waals surface area contributed by atoms with E-state index in [0.29, 0.717) is 0 Å². The van der Waals surface area contributed by atoms with Crippen molar-refractivity contribution in [2.24, 2.45) is 0 Å². The largest absolute Gasteiger partial charge is 0.0776 e. The van der Waals surface area contributed by atoms with Crippen LogP contribution in [0.5, 0.6) is 0 Å². The van der Waals surface area contributed by atoms with Crippen molar-refractivity contribution in [3.8, 4) is 0 Å². The van der Waals surface area contributed by atoms with Crippen molar-refractivity contribution >= 4 is 0 Å². The van der Waals surface area contributed by atoms with Crippen LogP contribution < -0.4 is 0 Å². The first-order valence-electron chi connectivity index (χ1n) is 1.58. The molecule has 7 heavy (non-hydrogen) atoms. The highest BCUT2D eigenvalue weighted by Gasteiger charge is 1.35. The summed E-state index contributed by atoms with van der Waals surface area (Å²) in [4.78, 5) is 14.0. The molecule has 0 heterocycles. The summed E-state index contributed by atoms with van der Waals surface area (Å²) in [6.45, 7) is 4.25. The number of hydrogen-bond donors (Lipinski definition) is 0. The molecule has 0 fully saturated rings. The van der Waals surface area contributed by atoms with E-state index >= 15 is 0 Å². The Hall–Kier alpha value is -0.400. The zero-order valence-electron chi connectivity index (χ0n) is 3.52. The van der Waals surface area contributed by atoms with E-state index in [1.54, 1.807) is 0 Å². The van der Waals surface area contributed by atoms with Gasteiger partial charge in [0.2, 0.25) is 0 Å². The molecule has 0 aliphatic heterocycles. The third-order valence-corrected chi connectivity index (χ3v) is 0. The first-order chi connectivity index (χ1) is 2.41. The molecule has 0 bridgehead atoms. The van der Waals surface area contributed by atoms with E-state index in [-0.39, 0.29) is 14.9 Å². The first kappa shape index (κ1) is 30.6. The van der Waals surface area contributed by atoms with E-state index < -0.39 is 0 Å². The molecule has 0 spiro atoms. The van der Waals surface area contributed by atoms with E-state index in [1.165, 1.54) is 6.42 Å². The summed E-state index contributed by atoms with van der Waals surface area (Å²) < 4.78 is 0. The topological polar surface area (TPSA) is 34.1 Å². The van der Waals surface area contributed by atoms with Crippen molar-refractivity contribution in [3.63, 3.8) is 0 Å². The van der Waals surface area contributed by atoms with Gasteiger partial charge >= 0.3 is 0 Å². The van der Waals surface area contributed by atoms with E-state index in [1.807, 2.05) is 0 Å². The van der Waals surface area contributed by atoms with Crippen LogP contribution in [0.15, 0.2) is 0 Å². The van der Waals surface area contributed by atoms with Gasteiger partial charge in [-0.1, -0.05) is 35.1 Å². The maximum absolute atomic E-state index is 7.00. The molecule has 0 unspecified atom stereocenters. The molecule has 2 heteroatoms. The fourth-order valence-corrected chi connectivity index (χ4v) is 0. The minimum absolute atomic E-state index is 0. The van der Waals surface area contributed by atoms with E-state index in [4.69, 9.17) is 9.93 Å². The van der Waals surface area contributed by atoms with Crippen LogP contribution in [0.25, 0.3) is 0 Å². The van der Waals surface area contributed by atoms with E-state index in [0.717, 1.165) is 0 Å². The Bertz CT molecular complexity index is 10.0. The van der Waals surface area contributed by atoms with Gasteiger partial charge in [-0.05, 0) is 0 Å². The summed E-state index contributed by atoms with van der Waals surface area (Å²) in [6.07, 6.45) is 1.25. The molecule has 48 valence electrons. The van der Waals surface area contributed by atoms with Crippen molar-refractivity contribution in [1.82, 2.24) is 0 Å². The monoisotopic (exact) mass is 108 g/mol. The highest BCUT2D eigenvalue weighted by Crippen LogP contribution is 1.56. The molecule has 0 aromatic rings. The van der Waals surface area contributed by atoms with Gasteiger partial charge in [-0.3, -0.25) is 0 Å². The van der Waals surface area contributed by atoms with Crippen molar-refractivity contribution < 1.29 is 0 Å². The Labute approximate surface area is 46.1 Å². The summed E-state index contributed by atoms with van der Waals surface area (Å²) in [6, 6.07) is 0. The molecule has 0 radical (unpaired) electrons. The fraction of sp³-hybridized carbons (Fsp3) is 1.00. The van der Waals surface area contributed by atoms with E-state index in [2.05, 4.69) is 13.8 Å². The van der Waals surface area contributed by atoms with Gasteiger partial charge in [-0.2, -0.15) is 0 Å². The SMILES string of the molecule is C.C.CCC.O=O. The van der Waals surface area contributed by atoms with Gasteiger partial charge in [-0.15, -0.1) is 0 Å². The van der Waals surface area contributed by atoms with Crippen LogP contribution >= 0.6 is 0 Å². The molecule has 0 aliphatic carbocycles. The van der Waals surface area contributed by atoms with Gasteiger partial charge in [0, 0.05) is 9.93 Å². The quantitative estimate of drug-likeness (QED) is 0.478. The third kappa shape index (κ3) is 454. The molecule has 0 N–H and O–H groups in total. The molecule has 0 aliphatic rings. The molecule has 0 saturated heterocycles. The van der Waals surface area contributed by atoms with Crippen molar-refractivity contribution in [3.05, 3.63) is 9.93 Å². The van der Waals surface area contributed by atoms with Gasteiger partial charge in [0.25, 0.3) is 0 Å². The standard InChI is InChI=1S/C3H8.2CH4.O2/c1-3-2;;;1-2/h3H2,1-2H3;2*1H4;. The minimum Gasteiger partial charge on any atom is -0.0776 e. The molecule has 0 aromatic heterocycles. The van der Waals surface area contributed by atoms with Gasteiger partial charge in [0.1, 0.15) is 0 Å². The zero-order valence-corrected chi connectivity index (χ0v) is 3.52. The predicted octanol–water partition coefficient (Wildman–Crippen LogP) is 2.76. The highest BCUT2D eigenvalue weighted by molar-refractivity contribution is 4.07. The van der Waals surface area contributed by atoms with Crippen molar-refractivity contribution in [2.45, 2.75) is 35.1 Å². The number of hydrogen-bond acceptors (Lipinski definition) is 2. The minimum atomic E-state index is 0. The normalized spacial score (nSPS) is 3.14. The molecule has 2 nitrogen and oxygen atoms in total. The van der Waals surface area contributed by atoms with Crippen molar-refractivity contribution in [1.29, 1.82) is 0 Å². The maximum Gasteiger partial charge on any atom is 0 e. The van der Waals surface area contributed by atoms with Crippen LogP contribution in [0.3, 0.4) is 0 Å². The smallest absolute Gasteiger partial charge is 0 e. The second-order valence-corrected chi connectivity index (χ2v) is 0.707. The molecule has 0 aromatic carbocycles. The second-order valence-electron chi connectivity index (χ2n) is 0.707. The molecular weight excluding hydrogens is 92.1 g/mol. The average molecular weight is 108 g/mol. The predicted molar refractivity (Wildman–Crippen MR) is 36.2 cm³/mol. The van der Waals surface area contributed by atoms with Crippen LogP contribution in [-0.2, 0) is 0 Å². The Morgan fingerprint density at radius 2 is 1.00 bits per heavy atom. The van der Waals surface area contributed by atoms with E-state index in [9.17, 15) is 0 Å². The Morgan fingerprint density at radius 1 is 1.00 bits per heavy atom. The third-order valence-electron chi connectivity index (χ3n) is 0. The van der Waals surface area contributed by atoms with Crippen LogP contribution in [-0.4, -0.2) is 0 Å². The van der Waals surface area contributed by atoms with Crippen molar-refractivity contribution in [2.75, 3.05) is 0 Å². The van der Waals surface area contributed by atoms with Gasteiger partial charge in [0.15, 0.2) is 0 Å². The molecule has 0 rings (SSSR count). The van der Waals surface area contributed by atoms with Crippen LogP contribution in [0.4, 0.5) is 0 Å². The van der Waals surface area contributed by atoms with Gasteiger partial charge < -0.3 is 0 Å². The van der Waals surface area contributed by atoms with Crippen LogP contribution in [0, 0.1) is 9.93 Å². The van der Waals surface area contributed by atoms with Crippen LogP contribution in [0.2, 0.25) is 0 Å². The van der Waals surface area contributed by atoms with Gasteiger partial charge in [-0.25, -0.2) is 0 Å². The summed E-state index contributed by atoms with van der Waals surface area (Å²) in [5.74, 6) is 0. The highest BCUT2D eigenvalue weighted by atomic mass is 16.7. The lowest BCUT2D eigenvalue weighted by atomic mass is 10.6. The first-order valence-corrected chi connectivity index (χ1v) is 1.58. The lowest BCUT2D eigenvalue weighted by Crippen LogP contribution is -1.27. The molecule has 0 atom stereocenters. The molecule has 0 amide bonds. The lowest BCUT2D eigenvalue weighted by Gasteiger charge is -1.48. The Balaban J connectivity index is -0.0000000105. The second kappa shape index (κ2) is 329. The average Bonchev–Trinajstić information content (AvgIpc) is 1.46.